The summed E-state index contributed by atoms with van der Waals surface area (Å²) in [5, 5.41) is 16.8. The number of methoxy groups -OCH3 is 2. The van der Waals surface area contributed by atoms with Gasteiger partial charge in [0.2, 0.25) is 10.6 Å². The third-order valence-corrected chi connectivity index (χ3v) is 5.52. The molecule has 3 aromatic rings. The first-order valence-corrected chi connectivity index (χ1v) is 10.2. The van der Waals surface area contributed by atoms with Crippen LogP contribution >= 0.6 is 11.3 Å². The van der Waals surface area contributed by atoms with Crippen LogP contribution in [-0.2, 0) is 0 Å². The van der Waals surface area contributed by atoms with Gasteiger partial charge >= 0.3 is 0 Å². The molecule has 6 nitrogen and oxygen atoms in total. The average molecular weight is 424 g/mol. The highest BCUT2D eigenvalue weighted by Gasteiger charge is 2.11. The molecule has 0 amide bonds. The number of hydrogen-bond acceptors (Lipinski definition) is 6. The molecule has 1 heterocycles. The third kappa shape index (κ3) is 4.46. The van der Waals surface area contributed by atoms with Crippen molar-refractivity contribution < 1.29 is 14.6 Å². The lowest BCUT2D eigenvalue weighted by Crippen LogP contribution is -2.12. The number of phenolic OH excluding ortho intramolecular Hbond substituents is 1. The first-order chi connectivity index (χ1) is 14.5. The number of rotatable bonds is 7. The Balaban J connectivity index is 2.11. The minimum atomic E-state index is -0.0437. The summed E-state index contributed by atoms with van der Waals surface area (Å²) in [6, 6.07) is 9.73. The van der Waals surface area contributed by atoms with Crippen LogP contribution in [0.25, 0.3) is 11.3 Å². The number of ether oxygens (including phenoxy) is 2. The molecule has 0 bridgehead atoms. The molecule has 2 aromatic carbocycles. The van der Waals surface area contributed by atoms with E-state index in [4.69, 9.17) is 9.47 Å². The highest BCUT2D eigenvalue weighted by atomic mass is 32.1. The van der Waals surface area contributed by atoms with E-state index < -0.39 is 0 Å². The van der Waals surface area contributed by atoms with Crippen molar-refractivity contribution in [3.63, 3.8) is 0 Å². The molecule has 7 heteroatoms. The van der Waals surface area contributed by atoms with Crippen LogP contribution in [0.1, 0.15) is 16.7 Å². The molecule has 0 spiro atoms. The lowest BCUT2D eigenvalue weighted by atomic mass is 10.1. The van der Waals surface area contributed by atoms with Gasteiger partial charge in [0.05, 0.1) is 32.7 Å². The molecule has 1 aromatic heterocycles. The normalized spacial score (nSPS) is 11.8. The summed E-state index contributed by atoms with van der Waals surface area (Å²) in [7, 11) is 2.99. The summed E-state index contributed by atoms with van der Waals surface area (Å²) in [6.45, 7) is 8.43. The van der Waals surface area contributed by atoms with Crippen LogP contribution in [0.3, 0.4) is 0 Å². The molecule has 0 fully saturated rings. The summed E-state index contributed by atoms with van der Waals surface area (Å²) >= 11 is 1.52. The number of hydrogen-bond donors (Lipinski definition) is 1. The fraction of sp³-hybridized carbons (Fsp3) is 0.217. The molecule has 0 atom stereocenters. The SMILES string of the molecule is C=CCN=c1scc(-c2ccc(C)c(C)c2)n1N=Cc1cc(OC)c(O)c(OC)c1. The molecule has 0 saturated heterocycles. The molecular formula is C23H25N3O3S. The maximum atomic E-state index is 10.1. The Morgan fingerprint density at radius 1 is 1.10 bits per heavy atom. The van der Waals surface area contributed by atoms with Crippen molar-refractivity contribution in [2.24, 2.45) is 10.1 Å². The molecule has 1 N–H and O–H groups in total. The number of nitrogens with zero attached hydrogens (tertiary/aromatic N) is 3. The highest BCUT2D eigenvalue weighted by molar-refractivity contribution is 7.07. The molecule has 0 saturated carbocycles. The third-order valence-electron chi connectivity index (χ3n) is 4.67. The second-order valence-corrected chi connectivity index (χ2v) is 7.50. The van der Waals surface area contributed by atoms with Crippen LogP contribution in [0.5, 0.6) is 17.2 Å². The lowest BCUT2D eigenvalue weighted by Gasteiger charge is -2.09. The van der Waals surface area contributed by atoms with Crippen LogP contribution in [0.4, 0.5) is 0 Å². The second-order valence-electron chi connectivity index (χ2n) is 6.66. The van der Waals surface area contributed by atoms with E-state index in [9.17, 15) is 5.11 Å². The number of aromatic nitrogens is 1. The van der Waals surface area contributed by atoms with Crippen molar-refractivity contribution in [3.8, 4) is 28.5 Å². The van der Waals surface area contributed by atoms with Crippen LogP contribution in [0, 0.1) is 13.8 Å². The summed E-state index contributed by atoms with van der Waals surface area (Å²) in [4.78, 5) is 5.33. The largest absolute Gasteiger partial charge is 0.502 e. The van der Waals surface area contributed by atoms with Gasteiger partial charge in [0.1, 0.15) is 0 Å². The molecule has 0 unspecified atom stereocenters. The van der Waals surface area contributed by atoms with Gasteiger partial charge in [-0.25, -0.2) is 4.68 Å². The first kappa shape index (κ1) is 21.4. The quantitative estimate of drug-likeness (QED) is 0.449. The second kappa shape index (κ2) is 9.45. The Hall–Kier alpha value is -3.32. The zero-order valence-corrected chi connectivity index (χ0v) is 18.4. The Morgan fingerprint density at radius 2 is 1.80 bits per heavy atom. The van der Waals surface area contributed by atoms with Gasteiger partial charge in [-0.15, -0.1) is 17.9 Å². The predicted octanol–water partition coefficient (Wildman–Crippen LogP) is 4.53. The van der Waals surface area contributed by atoms with E-state index in [-0.39, 0.29) is 5.75 Å². The van der Waals surface area contributed by atoms with Crippen molar-refractivity contribution >= 4 is 17.6 Å². The fourth-order valence-electron chi connectivity index (χ4n) is 2.87. The Labute approximate surface area is 180 Å². The van der Waals surface area contributed by atoms with E-state index in [0.717, 1.165) is 21.6 Å². The molecule has 3 rings (SSSR count). The topological polar surface area (TPSA) is 68.3 Å². The minimum absolute atomic E-state index is 0.0437. The van der Waals surface area contributed by atoms with Crippen molar-refractivity contribution in [1.82, 2.24) is 4.68 Å². The summed E-state index contributed by atoms with van der Waals surface area (Å²) in [5.41, 5.74) is 5.18. The number of thiazole rings is 1. The van der Waals surface area contributed by atoms with Crippen LogP contribution in [0.15, 0.2) is 58.5 Å². The van der Waals surface area contributed by atoms with Gasteiger partial charge in [-0.2, -0.15) is 5.10 Å². The number of benzene rings is 2. The minimum Gasteiger partial charge on any atom is -0.502 e. The maximum Gasteiger partial charge on any atom is 0.206 e. The molecule has 156 valence electrons. The summed E-state index contributed by atoms with van der Waals surface area (Å²) < 4.78 is 12.3. The molecule has 0 aliphatic heterocycles. The van der Waals surface area contributed by atoms with E-state index in [1.54, 1.807) is 24.4 Å². The number of aryl methyl sites for hydroxylation is 2. The maximum absolute atomic E-state index is 10.1. The van der Waals surface area contributed by atoms with E-state index in [2.05, 4.69) is 48.7 Å². The number of phenols is 1. The molecule has 0 radical (unpaired) electrons. The van der Waals surface area contributed by atoms with Gasteiger partial charge in [-0.05, 0) is 43.2 Å². The zero-order chi connectivity index (χ0) is 21.7. The van der Waals surface area contributed by atoms with Crippen molar-refractivity contribution in [1.29, 1.82) is 0 Å². The lowest BCUT2D eigenvalue weighted by molar-refractivity contribution is 0.340. The Morgan fingerprint density at radius 3 is 2.40 bits per heavy atom. The molecule has 0 aliphatic carbocycles. The summed E-state index contributed by atoms with van der Waals surface area (Å²) in [5.74, 6) is 0.590. The van der Waals surface area contributed by atoms with Crippen molar-refractivity contribution in [2.45, 2.75) is 13.8 Å². The van der Waals surface area contributed by atoms with Gasteiger partial charge in [0.25, 0.3) is 0 Å². The van der Waals surface area contributed by atoms with E-state index >= 15 is 0 Å². The molecular weight excluding hydrogens is 398 g/mol. The van der Waals surface area contributed by atoms with Gasteiger partial charge in [-0.3, -0.25) is 4.99 Å². The van der Waals surface area contributed by atoms with E-state index in [1.165, 1.54) is 36.7 Å². The Bertz CT molecular complexity index is 1130. The monoisotopic (exact) mass is 423 g/mol. The van der Waals surface area contributed by atoms with Crippen molar-refractivity contribution in [3.05, 3.63) is 69.9 Å². The first-order valence-electron chi connectivity index (χ1n) is 9.37. The van der Waals surface area contributed by atoms with Crippen LogP contribution in [-0.4, -0.2) is 36.8 Å². The van der Waals surface area contributed by atoms with Gasteiger partial charge < -0.3 is 14.6 Å². The standard InChI is InChI=1S/C23H25N3O3S/c1-6-9-24-23-26(19(14-30-23)18-8-7-15(2)16(3)10-18)25-13-17-11-20(28-4)22(27)21(12-17)29-5/h6-8,10-14,27H,1,9H2,2-5H3. The van der Waals surface area contributed by atoms with Gasteiger partial charge in [0.15, 0.2) is 11.5 Å². The average Bonchev–Trinajstić information content (AvgIpc) is 3.16. The Kier molecular flexibility index (Phi) is 6.74. The van der Waals surface area contributed by atoms with Gasteiger partial charge in [-0.1, -0.05) is 18.2 Å². The molecule has 30 heavy (non-hydrogen) atoms. The van der Waals surface area contributed by atoms with Gasteiger partial charge in [0, 0.05) is 16.5 Å². The van der Waals surface area contributed by atoms with Crippen LogP contribution < -0.4 is 14.3 Å². The predicted molar refractivity (Wildman–Crippen MR) is 122 cm³/mol. The fourth-order valence-corrected chi connectivity index (χ4v) is 3.72. The van der Waals surface area contributed by atoms with E-state index in [1.807, 2.05) is 10.1 Å². The zero-order valence-electron chi connectivity index (χ0n) is 17.5. The van der Waals surface area contributed by atoms with Crippen molar-refractivity contribution in [2.75, 3.05) is 20.8 Å². The summed E-state index contributed by atoms with van der Waals surface area (Å²) in [6.07, 6.45) is 3.44. The highest BCUT2D eigenvalue weighted by Crippen LogP contribution is 2.36. The van der Waals surface area contributed by atoms with E-state index in [0.29, 0.717) is 18.0 Å². The molecule has 0 aliphatic rings. The smallest absolute Gasteiger partial charge is 0.206 e. The number of aromatic hydroxyl groups is 1. The van der Waals surface area contributed by atoms with Crippen LogP contribution in [0.2, 0.25) is 0 Å².